The van der Waals surface area contributed by atoms with Crippen molar-refractivity contribution in [1.29, 1.82) is 0 Å². The van der Waals surface area contributed by atoms with E-state index in [1.54, 1.807) is 11.3 Å². The van der Waals surface area contributed by atoms with Gasteiger partial charge in [-0.05, 0) is 13.3 Å². The first-order valence-corrected chi connectivity index (χ1v) is 4.20. The summed E-state index contributed by atoms with van der Waals surface area (Å²) < 4.78 is 5.28. The van der Waals surface area contributed by atoms with Gasteiger partial charge in [-0.25, -0.2) is 4.98 Å². The van der Waals surface area contributed by atoms with Crippen LogP contribution in [0.1, 0.15) is 18.2 Å². The van der Waals surface area contributed by atoms with Crippen LogP contribution in [0.25, 0.3) is 0 Å². The minimum atomic E-state index is 0.771. The van der Waals surface area contributed by atoms with Gasteiger partial charge in [0, 0.05) is 11.1 Å². The maximum atomic E-state index is 5.28. The molecule has 0 N–H and O–H groups in total. The lowest BCUT2D eigenvalue weighted by atomic mass is 10.5. The van der Waals surface area contributed by atoms with Crippen LogP contribution in [-0.2, 0) is 0 Å². The van der Waals surface area contributed by atoms with Gasteiger partial charge in [0.05, 0.1) is 6.61 Å². The van der Waals surface area contributed by atoms with Gasteiger partial charge in [0.25, 0.3) is 5.19 Å². The molecular formula is C7H11NOS. The number of nitrogens with zero attached hydrogens (tertiary/aromatic N) is 1. The molecule has 2 nitrogen and oxygen atoms in total. The molecule has 0 aliphatic carbocycles. The van der Waals surface area contributed by atoms with Gasteiger partial charge in [-0.1, -0.05) is 18.3 Å². The Labute approximate surface area is 64.9 Å². The van der Waals surface area contributed by atoms with E-state index in [2.05, 4.69) is 11.9 Å². The van der Waals surface area contributed by atoms with Gasteiger partial charge >= 0.3 is 0 Å². The molecule has 0 spiro atoms. The van der Waals surface area contributed by atoms with Crippen molar-refractivity contribution >= 4 is 11.3 Å². The maximum Gasteiger partial charge on any atom is 0.273 e. The molecule has 0 amide bonds. The summed E-state index contributed by atoms with van der Waals surface area (Å²) in [5, 5.41) is 0.791. The molecule has 0 atom stereocenters. The molecule has 0 saturated carbocycles. The standard InChI is InChI=1S/C7H11NOS/c1-3-4-9-7-8-5-6(2)10-7/h5H,3-4H2,1-2H3. The summed E-state index contributed by atoms with van der Waals surface area (Å²) in [6.45, 7) is 4.88. The molecule has 0 aliphatic heterocycles. The first-order valence-electron chi connectivity index (χ1n) is 3.38. The number of rotatable bonds is 3. The van der Waals surface area contributed by atoms with Gasteiger partial charge in [0.15, 0.2) is 0 Å². The molecule has 0 saturated heterocycles. The van der Waals surface area contributed by atoms with Crippen LogP contribution >= 0.6 is 11.3 Å². The fourth-order valence-corrected chi connectivity index (χ4v) is 1.22. The number of aryl methyl sites for hydroxylation is 1. The fourth-order valence-electron chi connectivity index (χ4n) is 0.590. The summed E-state index contributed by atoms with van der Waals surface area (Å²) in [7, 11) is 0. The second kappa shape index (κ2) is 3.56. The van der Waals surface area contributed by atoms with Crippen LogP contribution in [0.15, 0.2) is 6.20 Å². The molecule has 0 aromatic carbocycles. The number of hydrogen-bond acceptors (Lipinski definition) is 3. The fraction of sp³-hybridized carbons (Fsp3) is 0.571. The van der Waals surface area contributed by atoms with Gasteiger partial charge in [-0.2, -0.15) is 0 Å². The predicted octanol–water partition coefficient (Wildman–Crippen LogP) is 2.24. The van der Waals surface area contributed by atoms with E-state index in [-0.39, 0.29) is 0 Å². The monoisotopic (exact) mass is 157 g/mol. The lowest BCUT2D eigenvalue weighted by molar-refractivity contribution is 0.316. The zero-order chi connectivity index (χ0) is 7.40. The van der Waals surface area contributed by atoms with Gasteiger partial charge in [-0.15, -0.1) is 0 Å². The SMILES string of the molecule is CCCOc1ncc(C)s1. The highest BCUT2D eigenvalue weighted by molar-refractivity contribution is 7.13. The maximum absolute atomic E-state index is 5.28. The zero-order valence-corrected chi connectivity index (χ0v) is 7.07. The van der Waals surface area contributed by atoms with Gasteiger partial charge in [0.1, 0.15) is 0 Å². The Morgan fingerprint density at radius 1 is 1.70 bits per heavy atom. The van der Waals surface area contributed by atoms with E-state index in [0.717, 1.165) is 18.2 Å². The lowest BCUT2D eigenvalue weighted by Gasteiger charge is -1.95. The van der Waals surface area contributed by atoms with E-state index in [0.29, 0.717) is 0 Å². The van der Waals surface area contributed by atoms with Crippen molar-refractivity contribution in [2.75, 3.05) is 6.61 Å². The molecule has 1 aromatic heterocycles. The highest BCUT2D eigenvalue weighted by Crippen LogP contribution is 2.18. The summed E-state index contributed by atoms with van der Waals surface area (Å²) >= 11 is 1.59. The minimum Gasteiger partial charge on any atom is -0.470 e. The summed E-state index contributed by atoms with van der Waals surface area (Å²) in [5.41, 5.74) is 0. The molecule has 0 radical (unpaired) electrons. The van der Waals surface area contributed by atoms with E-state index < -0.39 is 0 Å². The Kier molecular flexibility index (Phi) is 2.68. The molecule has 0 unspecified atom stereocenters. The van der Waals surface area contributed by atoms with Crippen LogP contribution in [0, 0.1) is 6.92 Å². The molecule has 10 heavy (non-hydrogen) atoms. The molecule has 3 heteroatoms. The first kappa shape index (κ1) is 7.54. The highest BCUT2D eigenvalue weighted by Gasteiger charge is 1.96. The average molecular weight is 157 g/mol. The van der Waals surface area contributed by atoms with Gasteiger partial charge in [-0.3, -0.25) is 0 Å². The van der Waals surface area contributed by atoms with Crippen molar-refractivity contribution in [3.63, 3.8) is 0 Å². The van der Waals surface area contributed by atoms with E-state index >= 15 is 0 Å². The molecule has 1 rings (SSSR count). The van der Waals surface area contributed by atoms with Crippen LogP contribution in [0.5, 0.6) is 5.19 Å². The number of ether oxygens (including phenoxy) is 1. The second-order valence-corrected chi connectivity index (χ2v) is 3.28. The summed E-state index contributed by atoms with van der Waals surface area (Å²) in [6, 6.07) is 0. The third-order valence-electron chi connectivity index (χ3n) is 1.03. The predicted molar refractivity (Wildman–Crippen MR) is 42.6 cm³/mol. The van der Waals surface area contributed by atoms with Crippen molar-refractivity contribution in [2.24, 2.45) is 0 Å². The van der Waals surface area contributed by atoms with Crippen LogP contribution in [0.4, 0.5) is 0 Å². The minimum absolute atomic E-state index is 0.771. The number of hydrogen-bond donors (Lipinski definition) is 0. The Hall–Kier alpha value is -0.570. The Morgan fingerprint density at radius 2 is 2.50 bits per heavy atom. The van der Waals surface area contributed by atoms with Crippen molar-refractivity contribution in [2.45, 2.75) is 20.3 Å². The first-order chi connectivity index (χ1) is 4.83. The van der Waals surface area contributed by atoms with Crippen LogP contribution < -0.4 is 4.74 Å². The van der Waals surface area contributed by atoms with E-state index in [1.165, 1.54) is 4.88 Å². The van der Waals surface area contributed by atoms with Crippen LogP contribution in [-0.4, -0.2) is 11.6 Å². The largest absolute Gasteiger partial charge is 0.470 e. The van der Waals surface area contributed by atoms with E-state index in [1.807, 2.05) is 13.1 Å². The molecular weight excluding hydrogens is 146 g/mol. The molecule has 56 valence electrons. The summed E-state index contributed by atoms with van der Waals surface area (Å²) in [6.07, 6.45) is 2.87. The third-order valence-corrected chi connectivity index (χ3v) is 1.85. The van der Waals surface area contributed by atoms with Crippen molar-refractivity contribution < 1.29 is 4.74 Å². The highest BCUT2D eigenvalue weighted by atomic mass is 32.1. The Morgan fingerprint density at radius 3 is 3.00 bits per heavy atom. The average Bonchev–Trinajstić information content (AvgIpc) is 2.31. The zero-order valence-electron chi connectivity index (χ0n) is 6.26. The number of aromatic nitrogens is 1. The van der Waals surface area contributed by atoms with E-state index in [9.17, 15) is 0 Å². The van der Waals surface area contributed by atoms with Crippen molar-refractivity contribution in [1.82, 2.24) is 4.98 Å². The smallest absolute Gasteiger partial charge is 0.273 e. The topological polar surface area (TPSA) is 22.1 Å². The summed E-state index contributed by atoms with van der Waals surface area (Å²) in [5.74, 6) is 0. The van der Waals surface area contributed by atoms with Gasteiger partial charge in [0.2, 0.25) is 0 Å². The lowest BCUT2D eigenvalue weighted by Crippen LogP contribution is -1.93. The Bertz CT molecular complexity index is 197. The normalized spacial score (nSPS) is 9.80. The molecule has 0 aliphatic rings. The third kappa shape index (κ3) is 1.99. The molecule has 0 bridgehead atoms. The summed E-state index contributed by atoms with van der Waals surface area (Å²) in [4.78, 5) is 5.25. The number of thiazole rings is 1. The second-order valence-electron chi connectivity index (χ2n) is 2.09. The van der Waals surface area contributed by atoms with Crippen LogP contribution in [0.2, 0.25) is 0 Å². The van der Waals surface area contributed by atoms with Crippen LogP contribution in [0.3, 0.4) is 0 Å². The molecule has 1 aromatic rings. The molecule has 0 fully saturated rings. The quantitative estimate of drug-likeness (QED) is 0.671. The van der Waals surface area contributed by atoms with Crippen molar-refractivity contribution in [3.8, 4) is 5.19 Å². The Balaban J connectivity index is 2.42. The van der Waals surface area contributed by atoms with Crippen molar-refractivity contribution in [3.05, 3.63) is 11.1 Å². The van der Waals surface area contributed by atoms with E-state index in [4.69, 9.17) is 4.74 Å². The van der Waals surface area contributed by atoms with Gasteiger partial charge < -0.3 is 4.74 Å². The molecule has 1 heterocycles.